The highest BCUT2D eigenvalue weighted by molar-refractivity contribution is 4.85. The Labute approximate surface area is 108 Å². The Bertz CT molecular complexity index is 228. The molecule has 1 heterocycles. The number of likely N-dealkylation sites (tertiary alicyclic amines) is 1. The lowest BCUT2D eigenvalue weighted by molar-refractivity contribution is 0.216. The first-order chi connectivity index (χ1) is 7.70. The third-order valence-electron chi connectivity index (χ3n) is 3.78. The first-order valence-electron chi connectivity index (χ1n) is 7.19. The second-order valence-corrected chi connectivity index (χ2v) is 7.55. The van der Waals surface area contributed by atoms with Gasteiger partial charge in [-0.25, -0.2) is 0 Å². The summed E-state index contributed by atoms with van der Waals surface area (Å²) in [5.74, 6) is 0. The number of nitrogens with one attached hydrogen (secondary N) is 1. The van der Waals surface area contributed by atoms with Gasteiger partial charge in [0, 0.05) is 18.1 Å². The lowest BCUT2D eigenvalue weighted by Crippen LogP contribution is -2.37. The number of hydrogen-bond acceptors (Lipinski definition) is 2. The Morgan fingerprint density at radius 1 is 1.29 bits per heavy atom. The van der Waals surface area contributed by atoms with Crippen molar-refractivity contribution in [3.8, 4) is 0 Å². The molecule has 1 atom stereocenters. The number of rotatable bonds is 5. The minimum atomic E-state index is 0.263. The summed E-state index contributed by atoms with van der Waals surface area (Å²) in [6.45, 7) is 17.6. The van der Waals surface area contributed by atoms with E-state index in [1.54, 1.807) is 0 Å². The molecule has 0 spiro atoms. The van der Waals surface area contributed by atoms with E-state index in [1.165, 1.54) is 32.4 Å². The van der Waals surface area contributed by atoms with Gasteiger partial charge in [-0.05, 0) is 65.5 Å². The van der Waals surface area contributed by atoms with Crippen LogP contribution in [0.5, 0.6) is 0 Å². The van der Waals surface area contributed by atoms with Gasteiger partial charge in [0.15, 0.2) is 0 Å². The zero-order valence-corrected chi connectivity index (χ0v) is 12.8. The van der Waals surface area contributed by atoms with E-state index >= 15 is 0 Å². The summed E-state index contributed by atoms with van der Waals surface area (Å²) in [6, 6.07) is 0.749. The molecule has 102 valence electrons. The highest BCUT2D eigenvalue weighted by Gasteiger charge is 2.31. The van der Waals surface area contributed by atoms with Crippen LogP contribution in [-0.2, 0) is 0 Å². The quantitative estimate of drug-likeness (QED) is 0.742. The highest BCUT2D eigenvalue weighted by atomic mass is 15.2. The lowest BCUT2D eigenvalue weighted by atomic mass is 9.93. The average Bonchev–Trinajstić information content (AvgIpc) is 2.52. The molecule has 1 unspecified atom stereocenters. The predicted octanol–water partition coefficient (Wildman–Crippen LogP) is 3.28. The molecule has 1 N–H and O–H groups in total. The fourth-order valence-corrected chi connectivity index (χ4v) is 2.57. The van der Waals surface area contributed by atoms with Crippen LogP contribution in [0.1, 0.15) is 60.8 Å². The van der Waals surface area contributed by atoms with E-state index < -0.39 is 0 Å². The molecule has 0 bridgehead atoms. The van der Waals surface area contributed by atoms with Gasteiger partial charge in [0.05, 0.1) is 0 Å². The molecule has 0 aromatic rings. The maximum absolute atomic E-state index is 3.57. The maximum Gasteiger partial charge on any atom is 0.00965 e. The smallest absolute Gasteiger partial charge is 0.00965 e. The molecule has 0 radical (unpaired) electrons. The molecule has 1 aliphatic heterocycles. The van der Waals surface area contributed by atoms with Crippen LogP contribution in [0.3, 0.4) is 0 Å². The second kappa shape index (κ2) is 5.71. The predicted molar refractivity (Wildman–Crippen MR) is 76.4 cm³/mol. The molecular formula is C15H32N2. The van der Waals surface area contributed by atoms with Crippen molar-refractivity contribution in [3.05, 3.63) is 0 Å². The molecule has 0 aromatic carbocycles. The molecule has 1 aliphatic rings. The fourth-order valence-electron chi connectivity index (χ4n) is 2.57. The minimum Gasteiger partial charge on any atom is -0.312 e. The summed E-state index contributed by atoms with van der Waals surface area (Å²) in [7, 11) is 0. The first-order valence-corrected chi connectivity index (χ1v) is 7.19. The van der Waals surface area contributed by atoms with Crippen molar-refractivity contribution in [2.45, 2.75) is 72.4 Å². The second-order valence-electron chi connectivity index (χ2n) is 7.55. The third-order valence-corrected chi connectivity index (χ3v) is 3.78. The van der Waals surface area contributed by atoms with Gasteiger partial charge >= 0.3 is 0 Å². The SMILES string of the molecule is CC(CCCNC(C)(C)C)N1CCC(C)(C)C1. The Morgan fingerprint density at radius 3 is 2.41 bits per heavy atom. The van der Waals surface area contributed by atoms with Gasteiger partial charge < -0.3 is 10.2 Å². The van der Waals surface area contributed by atoms with E-state index in [1.807, 2.05) is 0 Å². The van der Waals surface area contributed by atoms with E-state index in [9.17, 15) is 0 Å². The van der Waals surface area contributed by atoms with Gasteiger partial charge in [0.2, 0.25) is 0 Å². The Kier molecular flexibility index (Phi) is 5.03. The van der Waals surface area contributed by atoms with Crippen molar-refractivity contribution in [1.29, 1.82) is 0 Å². The topological polar surface area (TPSA) is 15.3 Å². The molecular weight excluding hydrogens is 208 g/mol. The largest absolute Gasteiger partial charge is 0.312 e. The first kappa shape index (κ1) is 15.0. The summed E-state index contributed by atoms with van der Waals surface area (Å²) in [4.78, 5) is 2.66. The highest BCUT2D eigenvalue weighted by Crippen LogP contribution is 2.30. The van der Waals surface area contributed by atoms with Gasteiger partial charge in [-0.15, -0.1) is 0 Å². The third kappa shape index (κ3) is 5.87. The Morgan fingerprint density at radius 2 is 1.94 bits per heavy atom. The average molecular weight is 240 g/mol. The molecule has 0 amide bonds. The van der Waals surface area contributed by atoms with Crippen molar-refractivity contribution in [2.24, 2.45) is 5.41 Å². The minimum absolute atomic E-state index is 0.263. The van der Waals surface area contributed by atoms with Crippen LogP contribution in [0, 0.1) is 5.41 Å². The molecule has 0 aromatic heterocycles. The van der Waals surface area contributed by atoms with E-state index in [0.717, 1.165) is 12.6 Å². The maximum atomic E-state index is 3.57. The van der Waals surface area contributed by atoms with E-state index in [0.29, 0.717) is 5.41 Å². The summed E-state index contributed by atoms with van der Waals surface area (Å²) in [5.41, 5.74) is 0.802. The summed E-state index contributed by atoms with van der Waals surface area (Å²) < 4.78 is 0. The molecule has 2 nitrogen and oxygen atoms in total. The van der Waals surface area contributed by atoms with Crippen LogP contribution in [0.15, 0.2) is 0 Å². The lowest BCUT2D eigenvalue weighted by Gasteiger charge is -2.27. The van der Waals surface area contributed by atoms with Gasteiger partial charge in [0.1, 0.15) is 0 Å². The monoisotopic (exact) mass is 240 g/mol. The summed E-state index contributed by atoms with van der Waals surface area (Å²) >= 11 is 0. The molecule has 0 saturated carbocycles. The van der Waals surface area contributed by atoms with Gasteiger partial charge in [0.25, 0.3) is 0 Å². The summed E-state index contributed by atoms with van der Waals surface area (Å²) in [5, 5.41) is 3.57. The molecule has 1 rings (SSSR count). The summed E-state index contributed by atoms with van der Waals surface area (Å²) in [6.07, 6.45) is 3.96. The van der Waals surface area contributed by atoms with Crippen LogP contribution < -0.4 is 5.32 Å². The standard InChI is InChI=1S/C15H32N2/c1-13(8-7-10-16-14(2,3)4)17-11-9-15(5,6)12-17/h13,16H,7-12H2,1-6H3. The van der Waals surface area contributed by atoms with Crippen LogP contribution >= 0.6 is 0 Å². The zero-order valence-electron chi connectivity index (χ0n) is 12.8. The van der Waals surface area contributed by atoms with E-state index in [-0.39, 0.29) is 5.54 Å². The van der Waals surface area contributed by atoms with Crippen molar-refractivity contribution in [3.63, 3.8) is 0 Å². The number of hydrogen-bond donors (Lipinski definition) is 1. The number of nitrogens with zero attached hydrogens (tertiary/aromatic N) is 1. The van der Waals surface area contributed by atoms with Gasteiger partial charge in [-0.3, -0.25) is 0 Å². The van der Waals surface area contributed by atoms with Crippen LogP contribution in [0.4, 0.5) is 0 Å². The molecule has 1 saturated heterocycles. The fraction of sp³-hybridized carbons (Fsp3) is 1.00. The van der Waals surface area contributed by atoms with Crippen molar-refractivity contribution >= 4 is 0 Å². The molecule has 2 heteroatoms. The normalized spacial score (nSPS) is 22.9. The zero-order chi connectivity index (χ0) is 13.1. The van der Waals surface area contributed by atoms with Crippen molar-refractivity contribution in [2.75, 3.05) is 19.6 Å². The Balaban J connectivity index is 2.16. The van der Waals surface area contributed by atoms with E-state index in [4.69, 9.17) is 0 Å². The van der Waals surface area contributed by atoms with Crippen molar-refractivity contribution < 1.29 is 0 Å². The molecule has 1 fully saturated rings. The molecule has 17 heavy (non-hydrogen) atoms. The van der Waals surface area contributed by atoms with Crippen molar-refractivity contribution in [1.82, 2.24) is 10.2 Å². The van der Waals surface area contributed by atoms with Gasteiger partial charge in [-0.1, -0.05) is 13.8 Å². The van der Waals surface area contributed by atoms with E-state index in [2.05, 4.69) is 51.8 Å². The Hall–Kier alpha value is -0.0800. The molecule has 0 aliphatic carbocycles. The van der Waals surface area contributed by atoms with Crippen LogP contribution in [0.25, 0.3) is 0 Å². The van der Waals surface area contributed by atoms with Gasteiger partial charge in [-0.2, -0.15) is 0 Å². The van der Waals surface area contributed by atoms with Crippen LogP contribution in [0.2, 0.25) is 0 Å². The van der Waals surface area contributed by atoms with Crippen LogP contribution in [-0.4, -0.2) is 36.1 Å².